The lowest BCUT2D eigenvalue weighted by molar-refractivity contribution is 0.148. The molecule has 1 N–H and O–H groups in total. The van der Waals surface area contributed by atoms with Crippen molar-refractivity contribution >= 4 is 32.5 Å². The highest BCUT2D eigenvalue weighted by Gasteiger charge is 2.15. The van der Waals surface area contributed by atoms with Crippen molar-refractivity contribution < 1.29 is 5.11 Å². The van der Waals surface area contributed by atoms with E-state index in [0.29, 0.717) is 16.9 Å². The zero-order valence-electron chi connectivity index (χ0n) is 16.0. The Kier molecular flexibility index (Phi) is 4.57. The molecular formula is C20H17N7O2S. The Bertz CT molecular complexity index is 1390. The van der Waals surface area contributed by atoms with Crippen LogP contribution in [0.25, 0.3) is 21.1 Å². The Morgan fingerprint density at radius 1 is 1.20 bits per heavy atom. The van der Waals surface area contributed by atoms with E-state index in [-0.39, 0.29) is 18.6 Å². The summed E-state index contributed by atoms with van der Waals surface area (Å²) in [4.78, 5) is 23.3. The minimum atomic E-state index is -0.747. The number of rotatable bonds is 5. The van der Waals surface area contributed by atoms with E-state index in [1.807, 2.05) is 37.3 Å². The first kappa shape index (κ1) is 18.5. The van der Waals surface area contributed by atoms with E-state index in [1.165, 1.54) is 27.0 Å². The van der Waals surface area contributed by atoms with Crippen molar-refractivity contribution in [1.29, 1.82) is 0 Å². The van der Waals surface area contributed by atoms with Gasteiger partial charge in [-0.1, -0.05) is 18.2 Å². The van der Waals surface area contributed by atoms with Crippen LogP contribution in [0.5, 0.6) is 0 Å². The van der Waals surface area contributed by atoms with Gasteiger partial charge in [-0.3, -0.25) is 9.36 Å². The van der Waals surface area contributed by atoms with Crippen LogP contribution in [0, 0.1) is 6.92 Å². The summed E-state index contributed by atoms with van der Waals surface area (Å²) in [7, 11) is 0. The van der Waals surface area contributed by atoms with E-state index in [9.17, 15) is 9.90 Å². The Hall–Kier alpha value is -3.50. The second-order valence-corrected chi connectivity index (χ2v) is 8.08. The smallest absolute Gasteiger partial charge is 0.263 e. The number of aliphatic hydroxyl groups excluding tert-OH is 1. The molecule has 5 aromatic rings. The summed E-state index contributed by atoms with van der Waals surface area (Å²) in [5.74, 6) is 0.364. The largest absolute Gasteiger partial charge is 0.386 e. The summed E-state index contributed by atoms with van der Waals surface area (Å²) in [5.41, 5.74) is 1.03. The van der Waals surface area contributed by atoms with Crippen LogP contribution in [0.15, 0.2) is 53.7 Å². The minimum absolute atomic E-state index is 0.134. The molecule has 0 radical (unpaired) electrons. The average molecular weight is 419 g/mol. The molecule has 10 heteroatoms. The maximum atomic E-state index is 12.8. The molecule has 0 saturated heterocycles. The number of nitrogens with zero attached hydrogens (tertiary/aromatic N) is 7. The van der Waals surface area contributed by atoms with Crippen LogP contribution in [0.2, 0.25) is 0 Å². The van der Waals surface area contributed by atoms with Crippen LogP contribution in [0.4, 0.5) is 0 Å². The number of aliphatic hydroxyl groups is 1. The van der Waals surface area contributed by atoms with E-state index >= 15 is 0 Å². The highest BCUT2D eigenvalue weighted by atomic mass is 32.1. The third kappa shape index (κ3) is 3.36. The van der Waals surface area contributed by atoms with E-state index in [4.69, 9.17) is 0 Å². The van der Waals surface area contributed by atoms with Crippen molar-refractivity contribution in [1.82, 2.24) is 34.7 Å². The quantitative estimate of drug-likeness (QED) is 0.464. The Morgan fingerprint density at radius 3 is 2.93 bits per heavy atom. The minimum Gasteiger partial charge on any atom is -0.386 e. The SMILES string of the molecule is Cc1ccnc2ncn(Cc3nnn(CC(O)c4cc5ccccc5s4)n3)c(=O)c12. The number of hydrogen-bond acceptors (Lipinski definition) is 8. The monoisotopic (exact) mass is 419 g/mol. The zero-order chi connectivity index (χ0) is 20.7. The number of thiophene rings is 1. The second kappa shape index (κ2) is 7.39. The van der Waals surface area contributed by atoms with Crippen LogP contribution < -0.4 is 5.56 Å². The first-order chi connectivity index (χ1) is 14.6. The fourth-order valence-electron chi connectivity index (χ4n) is 3.32. The highest BCUT2D eigenvalue weighted by Crippen LogP contribution is 2.30. The number of fused-ring (bicyclic) bond motifs is 2. The molecule has 0 bridgehead atoms. The summed E-state index contributed by atoms with van der Waals surface area (Å²) >= 11 is 1.54. The van der Waals surface area contributed by atoms with Gasteiger partial charge in [-0.05, 0) is 41.3 Å². The molecule has 1 atom stereocenters. The molecule has 0 spiro atoms. The number of hydrogen-bond donors (Lipinski definition) is 1. The summed E-state index contributed by atoms with van der Waals surface area (Å²) < 4.78 is 2.55. The average Bonchev–Trinajstić information content (AvgIpc) is 3.37. The maximum absolute atomic E-state index is 12.8. The molecule has 30 heavy (non-hydrogen) atoms. The number of aromatic nitrogens is 7. The normalized spacial score (nSPS) is 12.6. The Morgan fingerprint density at radius 2 is 2.07 bits per heavy atom. The number of benzene rings is 1. The predicted molar refractivity (Wildman–Crippen MR) is 112 cm³/mol. The third-order valence-electron chi connectivity index (χ3n) is 4.85. The fourth-order valence-corrected chi connectivity index (χ4v) is 4.36. The van der Waals surface area contributed by atoms with E-state index in [0.717, 1.165) is 20.5 Å². The van der Waals surface area contributed by atoms with Crippen molar-refractivity contribution in [3.8, 4) is 0 Å². The van der Waals surface area contributed by atoms with Gasteiger partial charge in [0.1, 0.15) is 12.4 Å². The third-order valence-corrected chi connectivity index (χ3v) is 6.07. The molecule has 150 valence electrons. The molecule has 0 aliphatic heterocycles. The molecule has 0 aliphatic carbocycles. The number of pyridine rings is 1. The van der Waals surface area contributed by atoms with Crippen molar-refractivity contribution in [2.75, 3.05) is 0 Å². The van der Waals surface area contributed by atoms with Gasteiger partial charge < -0.3 is 5.11 Å². The first-order valence-electron chi connectivity index (χ1n) is 9.32. The lowest BCUT2D eigenvalue weighted by atomic mass is 10.2. The van der Waals surface area contributed by atoms with Crippen LogP contribution in [0.3, 0.4) is 0 Å². The Labute approximate surface area is 174 Å². The van der Waals surface area contributed by atoms with Crippen LogP contribution in [-0.2, 0) is 13.1 Å². The van der Waals surface area contributed by atoms with Gasteiger partial charge in [0, 0.05) is 15.8 Å². The molecule has 4 heterocycles. The molecule has 1 unspecified atom stereocenters. The van der Waals surface area contributed by atoms with Crippen molar-refractivity contribution in [2.45, 2.75) is 26.1 Å². The summed E-state index contributed by atoms with van der Waals surface area (Å²) in [5, 5.41) is 24.5. The summed E-state index contributed by atoms with van der Waals surface area (Å²) in [6.45, 7) is 2.16. The molecule has 0 fully saturated rings. The number of aryl methyl sites for hydroxylation is 1. The van der Waals surface area contributed by atoms with E-state index in [2.05, 4.69) is 25.4 Å². The van der Waals surface area contributed by atoms with Crippen molar-refractivity contribution in [3.63, 3.8) is 0 Å². The van der Waals surface area contributed by atoms with Crippen LogP contribution in [-0.4, -0.2) is 39.8 Å². The molecule has 4 aromatic heterocycles. The summed E-state index contributed by atoms with van der Waals surface area (Å²) in [6.07, 6.45) is 2.32. The maximum Gasteiger partial charge on any atom is 0.263 e. The second-order valence-electron chi connectivity index (χ2n) is 6.97. The van der Waals surface area contributed by atoms with Crippen LogP contribution in [0.1, 0.15) is 22.4 Å². The van der Waals surface area contributed by atoms with Gasteiger partial charge in [-0.2, -0.15) is 4.80 Å². The standard InChI is InChI=1S/C20H17N7O2S/c1-12-6-7-21-19-18(12)20(29)26(11-22-19)10-17-23-25-27(24-17)9-14(28)16-8-13-4-2-3-5-15(13)30-16/h2-8,11,14,28H,9-10H2,1H3. The molecule has 5 rings (SSSR count). The lowest BCUT2D eigenvalue weighted by Gasteiger charge is -2.06. The predicted octanol–water partition coefficient (Wildman–Crippen LogP) is 2.08. The molecule has 0 saturated carbocycles. The molecule has 0 aliphatic rings. The summed E-state index contributed by atoms with van der Waals surface area (Å²) in [6, 6.07) is 11.7. The van der Waals surface area contributed by atoms with Crippen molar-refractivity contribution in [3.05, 3.63) is 75.5 Å². The molecule has 9 nitrogen and oxygen atoms in total. The van der Waals surface area contributed by atoms with Crippen molar-refractivity contribution in [2.24, 2.45) is 0 Å². The van der Waals surface area contributed by atoms with Gasteiger partial charge in [0.15, 0.2) is 11.5 Å². The van der Waals surface area contributed by atoms with Gasteiger partial charge in [-0.25, -0.2) is 9.97 Å². The van der Waals surface area contributed by atoms with Gasteiger partial charge in [-0.15, -0.1) is 21.5 Å². The van der Waals surface area contributed by atoms with Gasteiger partial charge in [0.25, 0.3) is 5.56 Å². The van der Waals surface area contributed by atoms with E-state index in [1.54, 1.807) is 12.3 Å². The van der Waals surface area contributed by atoms with Gasteiger partial charge in [0.05, 0.1) is 18.5 Å². The van der Waals surface area contributed by atoms with E-state index < -0.39 is 6.10 Å². The lowest BCUT2D eigenvalue weighted by Crippen LogP contribution is -2.23. The molecule has 0 amide bonds. The fraction of sp³-hybridized carbons (Fsp3) is 0.200. The molecular weight excluding hydrogens is 402 g/mol. The van der Waals surface area contributed by atoms with Gasteiger partial charge >= 0.3 is 0 Å². The molecule has 1 aromatic carbocycles. The number of tetrazole rings is 1. The first-order valence-corrected chi connectivity index (χ1v) is 10.1. The van der Waals surface area contributed by atoms with Gasteiger partial charge in [0.2, 0.25) is 0 Å². The topological polar surface area (TPSA) is 112 Å². The Balaban J connectivity index is 1.36. The highest BCUT2D eigenvalue weighted by molar-refractivity contribution is 7.19. The van der Waals surface area contributed by atoms with Crippen LogP contribution >= 0.6 is 11.3 Å². The zero-order valence-corrected chi connectivity index (χ0v) is 16.8.